The average Bonchev–Trinajstić information content (AvgIpc) is 2.91. The van der Waals surface area contributed by atoms with Gasteiger partial charge >= 0.3 is 0 Å². The molecule has 1 radical (unpaired) electrons. The van der Waals surface area contributed by atoms with Crippen molar-refractivity contribution >= 4 is 5.78 Å². The van der Waals surface area contributed by atoms with Gasteiger partial charge in [0, 0.05) is 11.5 Å². The van der Waals surface area contributed by atoms with Crippen LogP contribution in [0, 0.1) is 31.7 Å². The normalized spacial score (nSPS) is 24.4. The Morgan fingerprint density at radius 2 is 1.94 bits per heavy atom. The van der Waals surface area contributed by atoms with Gasteiger partial charge in [0.15, 0.2) is 5.78 Å². The highest BCUT2D eigenvalue weighted by Crippen LogP contribution is 2.40. The first kappa shape index (κ1) is 11.0. The zero-order valence-corrected chi connectivity index (χ0v) is 10.7. The zero-order chi connectivity index (χ0) is 12.0. The Kier molecular flexibility index (Phi) is 2.57. The molecule has 0 saturated heterocycles. The molecule has 1 saturated carbocycles. The van der Waals surface area contributed by atoms with Crippen molar-refractivity contribution in [2.45, 2.75) is 46.0 Å². The van der Waals surface area contributed by atoms with Crippen molar-refractivity contribution in [3.8, 4) is 0 Å². The van der Waals surface area contributed by atoms with Crippen molar-refractivity contribution in [3.63, 3.8) is 0 Å². The number of Topliss-reactive ketones (excluding diaryl/α,β-unsaturated/α-hetero) is 1. The van der Waals surface area contributed by atoms with Gasteiger partial charge in [-0.15, -0.1) is 0 Å². The molecule has 1 aromatic rings. The quantitative estimate of drug-likeness (QED) is 0.715. The molecule has 17 heavy (non-hydrogen) atoms. The van der Waals surface area contributed by atoms with Gasteiger partial charge in [0.25, 0.3) is 0 Å². The van der Waals surface area contributed by atoms with Crippen molar-refractivity contribution in [2.75, 3.05) is 0 Å². The van der Waals surface area contributed by atoms with E-state index in [-0.39, 0.29) is 5.92 Å². The Morgan fingerprint density at radius 3 is 2.65 bits per heavy atom. The second-order valence-electron chi connectivity index (χ2n) is 5.66. The largest absolute Gasteiger partial charge is 0.294 e. The van der Waals surface area contributed by atoms with E-state index in [0.717, 1.165) is 23.1 Å². The topological polar surface area (TPSA) is 17.1 Å². The van der Waals surface area contributed by atoms with E-state index in [1.165, 1.54) is 31.2 Å². The van der Waals surface area contributed by atoms with Crippen LogP contribution in [0.5, 0.6) is 0 Å². The molecule has 0 aromatic heterocycles. The van der Waals surface area contributed by atoms with E-state index in [1.807, 2.05) is 13.0 Å². The average molecular weight is 227 g/mol. The standard InChI is InChI=1S/C16H19O/c1-10-7-8-13-9-14(12-5-3-4-6-12)16(17)15(13)11(10)2/h8,12,14H,3-6,9H2,1-2H3. The summed E-state index contributed by atoms with van der Waals surface area (Å²) in [6.45, 7) is 4.12. The molecule has 2 aliphatic rings. The minimum atomic E-state index is 0.279. The Bertz CT molecular complexity index is 467. The molecule has 0 N–H and O–H groups in total. The number of hydrogen-bond acceptors (Lipinski definition) is 1. The van der Waals surface area contributed by atoms with Gasteiger partial charge in [-0.3, -0.25) is 4.79 Å². The van der Waals surface area contributed by atoms with Crippen LogP contribution in [0.15, 0.2) is 6.07 Å². The van der Waals surface area contributed by atoms with E-state index >= 15 is 0 Å². The lowest BCUT2D eigenvalue weighted by molar-refractivity contribution is 0.0894. The predicted molar refractivity (Wildman–Crippen MR) is 68.2 cm³/mol. The number of carbonyl (C=O) groups excluding carboxylic acids is 1. The van der Waals surface area contributed by atoms with Crippen LogP contribution in [0.3, 0.4) is 0 Å². The van der Waals surface area contributed by atoms with E-state index in [2.05, 4.69) is 13.0 Å². The summed E-state index contributed by atoms with van der Waals surface area (Å²) >= 11 is 0. The molecule has 0 bridgehead atoms. The molecule has 2 aliphatic carbocycles. The van der Waals surface area contributed by atoms with Crippen molar-refractivity contribution in [1.82, 2.24) is 0 Å². The van der Waals surface area contributed by atoms with Crippen LogP contribution < -0.4 is 0 Å². The molecular formula is C16H19O. The molecular weight excluding hydrogens is 208 g/mol. The molecule has 1 aromatic carbocycles. The van der Waals surface area contributed by atoms with Crippen LogP contribution in [0.2, 0.25) is 0 Å². The highest BCUT2D eigenvalue weighted by Gasteiger charge is 2.38. The Morgan fingerprint density at radius 1 is 1.24 bits per heavy atom. The molecule has 3 rings (SSSR count). The first-order chi connectivity index (χ1) is 8.18. The maximum absolute atomic E-state index is 12.5. The fourth-order valence-electron chi connectivity index (χ4n) is 3.56. The summed E-state index contributed by atoms with van der Waals surface area (Å²) in [5.74, 6) is 1.34. The fraction of sp³-hybridized carbons (Fsp3) is 0.562. The molecule has 1 nitrogen and oxygen atoms in total. The third-order valence-electron chi connectivity index (χ3n) is 4.71. The summed E-state index contributed by atoms with van der Waals surface area (Å²) in [7, 11) is 0. The summed E-state index contributed by atoms with van der Waals surface area (Å²) in [4.78, 5) is 12.5. The van der Waals surface area contributed by atoms with Gasteiger partial charge in [-0.1, -0.05) is 18.9 Å². The molecule has 0 spiro atoms. The number of aryl methyl sites for hydroxylation is 1. The molecule has 0 aliphatic heterocycles. The SMILES string of the molecule is Cc1[c]cc2c(c1C)C(=O)C(C1CCCC1)C2. The minimum Gasteiger partial charge on any atom is -0.294 e. The van der Waals surface area contributed by atoms with Gasteiger partial charge in [0.05, 0.1) is 0 Å². The summed E-state index contributed by atoms with van der Waals surface area (Å²) in [5.41, 5.74) is 4.56. The van der Waals surface area contributed by atoms with Crippen molar-refractivity contribution < 1.29 is 4.79 Å². The smallest absolute Gasteiger partial charge is 0.167 e. The Hall–Kier alpha value is -1.11. The van der Waals surface area contributed by atoms with Crippen LogP contribution in [-0.2, 0) is 6.42 Å². The lowest BCUT2D eigenvalue weighted by atomic mass is 9.87. The molecule has 1 unspecified atom stereocenters. The van der Waals surface area contributed by atoms with Gasteiger partial charge < -0.3 is 0 Å². The first-order valence-corrected chi connectivity index (χ1v) is 6.73. The Balaban J connectivity index is 1.97. The second-order valence-corrected chi connectivity index (χ2v) is 5.66. The monoisotopic (exact) mass is 227 g/mol. The summed E-state index contributed by atoms with van der Waals surface area (Å²) in [5, 5.41) is 0. The maximum atomic E-state index is 12.5. The van der Waals surface area contributed by atoms with Crippen LogP contribution in [-0.4, -0.2) is 5.78 Å². The third kappa shape index (κ3) is 1.64. The van der Waals surface area contributed by atoms with Crippen molar-refractivity contribution in [2.24, 2.45) is 11.8 Å². The molecule has 1 atom stereocenters. The highest BCUT2D eigenvalue weighted by atomic mass is 16.1. The van der Waals surface area contributed by atoms with E-state index in [1.54, 1.807) is 0 Å². The molecule has 1 fully saturated rings. The number of fused-ring (bicyclic) bond motifs is 1. The lowest BCUT2D eigenvalue weighted by Gasteiger charge is -2.15. The predicted octanol–water partition coefficient (Wildman–Crippen LogP) is 3.65. The van der Waals surface area contributed by atoms with E-state index in [0.29, 0.717) is 11.7 Å². The number of benzene rings is 1. The zero-order valence-electron chi connectivity index (χ0n) is 10.7. The number of carbonyl (C=O) groups is 1. The highest BCUT2D eigenvalue weighted by molar-refractivity contribution is 6.03. The molecule has 1 heteroatoms. The number of ketones is 1. The number of rotatable bonds is 1. The Labute approximate surface area is 103 Å². The number of hydrogen-bond donors (Lipinski definition) is 0. The van der Waals surface area contributed by atoms with Gasteiger partial charge in [0.1, 0.15) is 0 Å². The molecule has 89 valence electrons. The maximum Gasteiger partial charge on any atom is 0.167 e. The lowest BCUT2D eigenvalue weighted by Crippen LogP contribution is -2.18. The van der Waals surface area contributed by atoms with Gasteiger partial charge in [-0.2, -0.15) is 0 Å². The van der Waals surface area contributed by atoms with Crippen LogP contribution in [0.25, 0.3) is 0 Å². The van der Waals surface area contributed by atoms with Crippen LogP contribution in [0.1, 0.15) is 52.7 Å². The molecule has 0 amide bonds. The second kappa shape index (κ2) is 3.97. The van der Waals surface area contributed by atoms with E-state index < -0.39 is 0 Å². The van der Waals surface area contributed by atoms with Crippen LogP contribution >= 0.6 is 0 Å². The van der Waals surface area contributed by atoms with Crippen molar-refractivity contribution in [1.29, 1.82) is 0 Å². The third-order valence-corrected chi connectivity index (χ3v) is 4.71. The molecule has 0 heterocycles. The summed E-state index contributed by atoms with van der Waals surface area (Å²) < 4.78 is 0. The van der Waals surface area contributed by atoms with Gasteiger partial charge in [-0.25, -0.2) is 0 Å². The first-order valence-electron chi connectivity index (χ1n) is 6.73. The minimum absolute atomic E-state index is 0.279. The van der Waals surface area contributed by atoms with E-state index in [9.17, 15) is 4.79 Å². The fourth-order valence-corrected chi connectivity index (χ4v) is 3.56. The summed E-state index contributed by atoms with van der Waals surface area (Å²) in [6, 6.07) is 5.33. The van der Waals surface area contributed by atoms with Crippen LogP contribution in [0.4, 0.5) is 0 Å². The van der Waals surface area contributed by atoms with E-state index in [4.69, 9.17) is 0 Å². The summed E-state index contributed by atoms with van der Waals surface area (Å²) in [6.07, 6.45) is 6.11. The van der Waals surface area contributed by atoms with Gasteiger partial charge in [0.2, 0.25) is 0 Å². The van der Waals surface area contributed by atoms with Crippen molar-refractivity contribution in [3.05, 3.63) is 34.4 Å². The van der Waals surface area contributed by atoms with Gasteiger partial charge in [-0.05, 0) is 61.8 Å².